The van der Waals surface area contributed by atoms with E-state index in [1.54, 1.807) is 31.5 Å². The summed E-state index contributed by atoms with van der Waals surface area (Å²) in [6.45, 7) is 9.62. The third-order valence-electron chi connectivity index (χ3n) is 8.81. The summed E-state index contributed by atoms with van der Waals surface area (Å²) < 4.78 is 46.4. The van der Waals surface area contributed by atoms with E-state index < -0.39 is 29.0 Å². The second-order valence-electron chi connectivity index (χ2n) is 13.4. The van der Waals surface area contributed by atoms with Gasteiger partial charge in [-0.1, -0.05) is 6.07 Å². The van der Waals surface area contributed by atoms with Crippen LogP contribution in [0.25, 0.3) is 10.9 Å². The number of esters is 1. The van der Waals surface area contributed by atoms with E-state index >= 15 is 0 Å². The number of piperidine rings is 1. The van der Waals surface area contributed by atoms with Crippen LogP contribution in [0.5, 0.6) is 5.75 Å². The van der Waals surface area contributed by atoms with E-state index in [1.807, 2.05) is 39.8 Å². The summed E-state index contributed by atoms with van der Waals surface area (Å²) in [5.41, 5.74) is 2.58. The van der Waals surface area contributed by atoms with Crippen molar-refractivity contribution in [1.82, 2.24) is 9.47 Å². The van der Waals surface area contributed by atoms with Crippen LogP contribution >= 0.6 is 0 Å². The second-order valence-corrected chi connectivity index (χ2v) is 13.4. The number of rotatable bonds is 6. The Kier molecular flexibility index (Phi) is 8.46. The monoisotopic (exact) mass is 625 g/mol. The predicted octanol–water partition coefficient (Wildman–Crippen LogP) is 7.24. The second kappa shape index (κ2) is 11.7. The minimum atomic E-state index is -2.70. The molecule has 1 saturated carbocycles. The molecule has 2 fully saturated rings. The fraction of sp³-hybridized carbons (Fsp3) is 0.500. The largest absolute Gasteiger partial charge is 0.496 e. The van der Waals surface area contributed by atoms with Gasteiger partial charge in [0, 0.05) is 55.2 Å². The molecule has 2 aliphatic rings. The first-order valence-corrected chi connectivity index (χ1v) is 15.1. The van der Waals surface area contributed by atoms with Crippen molar-refractivity contribution in [3.05, 3.63) is 58.8 Å². The Labute approximate surface area is 261 Å². The van der Waals surface area contributed by atoms with Crippen LogP contribution in [0.3, 0.4) is 0 Å². The minimum Gasteiger partial charge on any atom is -0.496 e. The van der Waals surface area contributed by atoms with Gasteiger partial charge in [-0.2, -0.15) is 0 Å². The summed E-state index contributed by atoms with van der Waals surface area (Å²) in [5.74, 6) is -2.93. The molecule has 2 aromatic carbocycles. The molecule has 0 unspecified atom stereocenters. The summed E-state index contributed by atoms with van der Waals surface area (Å²) in [7, 11) is 2.87. The number of benzene rings is 2. The first-order valence-electron chi connectivity index (χ1n) is 15.1. The van der Waals surface area contributed by atoms with Gasteiger partial charge in [0.15, 0.2) is 0 Å². The highest BCUT2D eigenvalue weighted by Gasteiger charge is 2.58. The smallest absolute Gasteiger partial charge is 0.419 e. The Hall–Kier alpha value is -3.99. The molecule has 0 radical (unpaired) electrons. The number of alkyl halides is 2. The van der Waals surface area contributed by atoms with Crippen molar-refractivity contribution < 1.29 is 37.4 Å². The molecule has 0 bridgehead atoms. The zero-order valence-electron chi connectivity index (χ0n) is 26.9. The Morgan fingerprint density at radius 1 is 1.09 bits per heavy atom. The lowest BCUT2D eigenvalue weighted by Gasteiger charge is -2.55. The third kappa shape index (κ3) is 6.54. The number of carbonyl (C=O) groups is 3. The maximum absolute atomic E-state index is 14.3. The molecule has 1 aromatic heterocycles. The lowest BCUT2D eigenvalue weighted by atomic mass is 9.58. The lowest BCUT2D eigenvalue weighted by Crippen LogP contribution is -2.53. The maximum Gasteiger partial charge on any atom is 0.419 e. The number of aryl methyl sites for hydroxylation is 1. The van der Waals surface area contributed by atoms with Crippen molar-refractivity contribution >= 4 is 34.6 Å². The molecule has 1 spiro atoms. The molecular formula is C34H41F2N3O6. The first-order chi connectivity index (χ1) is 21.0. The molecule has 11 heteroatoms. The molecule has 3 aromatic rings. The number of carbonyl (C=O) groups excluding carboxylic acids is 3. The number of likely N-dealkylation sites (tertiary alicyclic amines) is 1. The highest BCUT2D eigenvalue weighted by atomic mass is 19.3. The number of hydrogen-bond acceptors (Lipinski definition) is 7. The number of anilines is 1. The lowest BCUT2D eigenvalue weighted by molar-refractivity contribution is -0.186. The molecule has 1 amide bonds. The van der Waals surface area contributed by atoms with Crippen LogP contribution in [0.15, 0.2) is 36.5 Å². The van der Waals surface area contributed by atoms with Crippen molar-refractivity contribution in [2.75, 3.05) is 26.1 Å². The van der Waals surface area contributed by atoms with E-state index in [2.05, 4.69) is 10.2 Å². The summed E-state index contributed by atoms with van der Waals surface area (Å²) in [6.07, 6.45) is 1.86. The van der Waals surface area contributed by atoms with Crippen molar-refractivity contribution in [3.8, 4) is 5.75 Å². The number of nitrogens with one attached hydrogen (secondary N) is 1. The van der Waals surface area contributed by atoms with Gasteiger partial charge in [0.25, 0.3) is 0 Å². The third-order valence-corrected chi connectivity index (χ3v) is 8.81. The highest BCUT2D eigenvalue weighted by molar-refractivity contribution is 5.96. The van der Waals surface area contributed by atoms with Crippen LogP contribution < -0.4 is 10.1 Å². The molecule has 1 aliphatic carbocycles. The first kappa shape index (κ1) is 32.4. The molecule has 2 heterocycles. The van der Waals surface area contributed by atoms with E-state index in [0.29, 0.717) is 42.9 Å². The van der Waals surface area contributed by atoms with Crippen LogP contribution in [0.1, 0.15) is 86.5 Å². The maximum atomic E-state index is 14.3. The molecule has 45 heavy (non-hydrogen) atoms. The van der Waals surface area contributed by atoms with Gasteiger partial charge < -0.3 is 19.5 Å². The molecule has 9 nitrogen and oxygen atoms in total. The van der Waals surface area contributed by atoms with Gasteiger partial charge in [-0.05, 0) is 87.9 Å². The Balaban J connectivity index is 1.59. The topological polar surface area (TPSA) is 99.1 Å². The predicted molar refractivity (Wildman–Crippen MR) is 166 cm³/mol. The summed E-state index contributed by atoms with van der Waals surface area (Å²) in [4.78, 5) is 39.9. The molecule has 1 aliphatic heterocycles. The SMILES string of the molecule is COC(=O)c1ccc([C@@H]2CC3(CCN2Cc2c(OC)cc(C)c4c2ccn4C(=O)OC(C)(C)C)CC(F)(F)C3)c(NC(C)=O)c1. The number of halogens is 2. The minimum absolute atomic E-state index is 0.184. The molecule has 1 N–H and O–H groups in total. The molecule has 5 rings (SSSR count). The Bertz CT molecular complexity index is 1650. The quantitative estimate of drug-likeness (QED) is 0.288. The van der Waals surface area contributed by atoms with E-state index in [9.17, 15) is 23.2 Å². The number of fused-ring (bicyclic) bond motifs is 1. The molecule has 242 valence electrons. The highest BCUT2D eigenvalue weighted by Crippen LogP contribution is 2.61. The fourth-order valence-electron chi connectivity index (χ4n) is 7.00. The molecular weight excluding hydrogens is 584 g/mol. The van der Waals surface area contributed by atoms with Gasteiger partial charge in [-0.3, -0.25) is 14.3 Å². The zero-order valence-corrected chi connectivity index (χ0v) is 26.9. The van der Waals surface area contributed by atoms with Crippen molar-refractivity contribution in [2.24, 2.45) is 5.41 Å². The summed E-state index contributed by atoms with van der Waals surface area (Å²) >= 11 is 0. The number of nitrogens with zero attached hydrogens (tertiary/aromatic N) is 2. The van der Waals surface area contributed by atoms with Crippen molar-refractivity contribution in [3.63, 3.8) is 0 Å². The van der Waals surface area contributed by atoms with Gasteiger partial charge >= 0.3 is 12.1 Å². The number of aromatic nitrogens is 1. The Morgan fingerprint density at radius 2 is 1.80 bits per heavy atom. The number of ether oxygens (including phenoxy) is 3. The van der Waals surface area contributed by atoms with Gasteiger partial charge in [-0.25, -0.2) is 18.4 Å². The van der Waals surface area contributed by atoms with Crippen molar-refractivity contribution in [1.29, 1.82) is 0 Å². The summed E-state index contributed by atoms with van der Waals surface area (Å²) in [5, 5.41) is 3.66. The van der Waals surface area contributed by atoms with Crippen LogP contribution in [0, 0.1) is 12.3 Å². The van der Waals surface area contributed by atoms with Gasteiger partial charge in [0.05, 0.1) is 25.3 Å². The van der Waals surface area contributed by atoms with Crippen LogP contribution in [-0.4, -0.2) is 59.7 Å². The standard InChI is InChI=1S/C34H41F2N3O6/c1-20-14-28(43-6)25(23-10-12-39(29(20)23)31(42)45-32(3,4)5)17-38-13-11-33(18-34(35,36)19-33)16-27(38)24-9-8-22(30(41)44-7)15-26(24)37-21(2)40/h8-10,12,14-15,27H,11,13,16-19H2,1-7H3,(H,37,40)/t27-/m0/s1. The molecule has 1 atom stereocenters. The van der Waals surface area contributed by atoms with Crippen LogP contribution in [0.2, 0.25) is 0 Å². The summed E-state index contributed by atoms with van der Waals surface area (Å²) in [6, 6.07) is 8.36. The molecule has 1 saturated heterocycles. The zero-order chi connectivity index (χ0) is 32.9. The normalized spacial score (nSPS) is 19.2. The average molecular weight is 626 g/mol. The van der Waals surface area contributed by atoms with E-state index in [4.69, 9.17) is 14.2 Å². The van der Waals surface area contributed by atoms with Gasteiger partial charge in [-0.15, -0.1) is 0 Å². The van der Waals surface area contributed by atoms with E-state index in [0.717, 1.165) is 22.1 Å². The van der Waals surface area contributed by atoms with Gasteiger partial charge in [0.2, 0.25) is 11.8 Å². The number of amides is 1. The average Bonchev–Trinajstić information content (AvgIpc) is 3.39. The van der Waals surface area contributed by atoms with Gasteiger partial charge in [0.1, 0.15) is 11.4 Å². The van der Waals surface area contributed by atoms with E-state index in [-0.39, 0.29) is 30.4 Å². The van der Waals surface area contributed by atoms with E-state index in [1.165, 1.54) is 18.6 Å². The van der Waals surface area contributed by atoms with Crippen LogP contribution in [-0.2, 0) is 20.8 Å². The van der Waals surface area contributed by atoms with Crippen LogP contribution in [0.4, 0.5) is 19.3 Å². The number of hydrogen-bond donors (Lipinski definition) is 1. The Morgan fingerprint density at radius 3 is 2.40 bits per heavy atom. The number of methoxy groups -OCH3 is 2. The fourth-order valence-corrected chi connectivity index (χ4v) is 7.00. The van der Waals surface area contributed by atoms with Crippen molar-refractivity contribution in [2.45, 2.75) is 84.4 Å².